The van der Waals surface area contributed by atoms with Gasteiger partial charge in [0.2, 0.25) is 0 Å². The quantitative estimate of drug-likeness (QED) is 0.662. The van der Waals surface area contributed by atoms with Crippen LogP contribution < -0.4 is 0 Å². The van der Waals surface area contributed by atoms with Crippen molar-refractivity contribution in [2.24, 2.45) is 0 Å². The third-order valence-corrected chi connectivity index (χ3v) is 2.48. The number of rotatable bonds is 1. The molecular formula is C8H8ClF2NO. The lowest BCUT2D eigenvalue weighted by Gasteiger charge is -2.20. The molecule has 0 unspecified atom stereocenters. The molecule has 0 aliphatic heterocycles. The van der Waals surface area contributed by atoms with Crippen molar-refractivity contribution < 1.29 is 13.3 Å². The molecular weight excluding hydrogens is 200 g/mol. The van der Waals surface area contributed by atoms with Gasteiger partial charge in [-0.3, -0.25) is 0 Å². The van der Waals surface area contributed by atoms with E-state index in [1.54, 1.807) is 0 Å². The van der Waals surface area contributed by atoms with Crippen LogP contribution in [0.4, 0.5) is 8.78 Å². The fourth-order valence-electron chi connectivity index (χ4n) is 1.53. The van der Waals surface area contributed by atoms with Crippen molar-refractivity contribution in [2.45, 2.75) is 31.1 Å². The van der Waals surface area contributed by atoms with Crippen LogP contribution in [0.1, 0.15) is 23.4 Å². The fraction of sp³-hybridized carbons (Fsp3) is 0.625. The highest BCUT2D eigenvalue weighted by molar-refractivity contribution is 6.17. The SMILES string of the molecule is FC1(F)CCc2onc(CCl)c2C1. The minimum Gasteiger partial charge on any atom is -0.361 e. The van der Waals surface area contributed by atoms with Crippen molar-refractivity contribution in [3.63, 3.8) is 0 Å². The Bertz CT molecular complexity index is 310. The highest BCUT2D eigenvalue weighted by atomic mass is 35.5. The first kappa shape index (κ1) is 8.94. The minimum absolute atomic E-state index is 0.134. The maximum atomic E-state index is 13.0. The van der Waals surface area contributed by atoms with Crippen LogP contribution in [-0.2, 0) is 18.7 Å². The van der Waals surface area contributed by atoms with Gasteiger partial charge in [0.05, 0.1) is 5.88 Å². The zero-order valence-corrected chi connectivity index (χ0v) is 7.57. The standard InChI is InChI=1S/C8H8ClF2NO/c9-4-6-5-3-8(10,11)2-1-7(5)13-12-6/h1-4H2. The number of halogens is 3. The van der Waals surface area contributed by atoms with E-state index in [2.05, 4.69) is 5.16 Å². The van der Waals surface area contributed by atoms with Gasteiger partial charge >= 0.3 is 0 Å². The van der Waals surface area contributed by atoms with Gasteiger partial charge in [0, 0.05) is 24.8 Å². The second-order valence-electron chi connectivity index (χ2n) is 3.20. The number of nitrogens with zero attached hydrogens (tertiary/aromatic N) is 1. The molecule has 1 heterocycles. The van der Waals surface area contributed by atoms with Gasteiger partial charge in [0.15, 0.2) is 0 Å². The third kappa shape index (κ3) is 1.55. The van der Waals surface area contributed by atoms with E-state index < -0.39 is 5.92 Å². The van der Waals surface area contributed by atoms with Gasteiger partial charge in [-0.25, -0.2) is 8.78 Å². The number of hydrogen-bond donors (Lipinski definition) is 0. The third-order valence-electron chi connectivity index (χ3n) is 2.23. The van der Waals surface area contributed by atoms with Crippen LogP contribution in [-0.4, -0.2) is 11.1 Å². The minimum atomic E-state index is -2.63. The predicted molar refractivity (Wildman–Crippen MR) is 43.0 cm³/mol. The molecule has 0 fully saturated rings. The van der Waals surface area contributed by atoms with Gasteiger partial charge in [-0.2, -0.15) is 0 Å². The van der Waals surface area contributed by atoms with Crippen molar-refractivity contribution in [3.8, 4) is 0 Å². The maximum Gasteiger partial charge on any atom is 0.252 e. The molecule has 0 bridgehead atoms. The van der Waals surface area contributed by atoms with Gasteiger partial charge in [0.25, 0.3) is 5.92 Å². The van der Waals surface area contributed by atoms with E-state index in [4.69, 9.17) is 16.1 Å². The molecule has 13 heavy (non-hydrogen) atoms. The summed E-state index contributed by atoms with van der Waals surface area (Å²) in [6, 6.07) is 0. The Morgan fingerprint density at radius 1 is 1.54 bits per heavy atom. The van der Waals surface area contributed by atoms with E-state index in [-0.39, 0.29) is 25.1 Å². The Kier molecular flexibility index (Phi) is 2.02. The van der Waals surface area contributed by atoms with E-state index in [0.29, 0.717) is 17.0 Å². The lowest BCUT2D eigenvalue weighted by Crippen LogP contribution is -2.25. The summed E-state index contributed by atoms with van der Waals surface area (Å²) < 4.78 is 30.8. The molecule has 2 rings (SSSR count). The van der Waals surface area contributed by atoms with Gasteiger partial charge in [0.1, 0.15) is 11.5 Å². The predicted octanol–water partition coefficient (Wildman–Crippen LogP) is 2.54. The van der Waals surface area contributed by atoms with Crippen LogP contribution in [0.5, 0.6) is 0 Å². The van der Waals surface area contributed by atoms with Crippen LogP contribution in [0.25, 0.3) is 0 Å². The Hall–Kier alpha value is -0.640. The van der Waals surface area contributed by atoms with Crippen LogP contribution in [0.3, 0.4) is 0 Å². The molecule has 0 spiro atoms. The number of fused-ring (bicyclic) bond motifs is 1. The van der Waals surface area contributed by atoms with E-state index in [0.717, 1.165) is 0 Å². The Morgan fingerprint density at radius 2 is 2.31 bits per heavy atom. The molecule has 72 valence electrons. The Morgan fingerprint density at radius 3 is 3.00 bits per heavy atom. The monoisotopic (exact) mass is 207 g/mol. The molecule has 0 saturated carbocycles. The summed E-state index contributed by atoms with van der Waals surface area (Å²) in [5.74, 6) is -1.92. The van der Waals surface area contributed by atoms with Crippen LogP contribution in [0, 0.1) is 0 Å². The van der Waals surface area contributed by atoms with Crippen molar-refractivity contribution in [1.29, 1.82) is 0 Å². The molecule has 0 N–H and O–H groups in total. The smallest absolute Gasteiger partial charge is 0.252 e. The summed E-state index contributed by atoms with van der Waals surface area (Å²) >= 11 is 5.53. The largest absolute Gasteiger partial charge is 0.361 e. The van der Waals surface area contributed by atoms with Crippen LogP contribution >= 0.6 is 11.6 Å². The summed E-state index contributed by atoms with van der Waals surface area (Å²) in [5.41, 5.74) is 0.960. The molecule has 1 aromatic rings. The van der Waals surface area contributed by atoms with Gasteiger partial charge < -0.3 is 4.52 Å². The zero-order chi connectivity index (χ0) is 9.47. The van der Waals surface area contributed by atoms with E-state index in [1.165, 1.54) is 0 Å². The molecule has 0 saturated heterocycles. The Labute approximate surface area is 78.8 Å². The van der Waals surface area contributed by atoms with Gasteiger partial charge in [-0.05, 0) is 0 Å². The molecule has 1 aliphatic carbocycles. The zero-order valence-electron chi connectivity index (χ0n) is 6.82. The van der Waals surface area contributed by atoms with Crippen LogP contribution in [0.15, 0.2) is 4.52 Å². The Balaban J connectivity index is 2.36. The molecule has 1 aromatic heterocycles. The molecule has 0 aromatic carbocycles. The second kappa shape index (κ2) is 2.94. The van der Waals surface area contributed by atoms with Gasteiger partial charge in [-0.15, -0.1) is 11.6 Å². The van der Waals surface area contributed by atoms with Crippen molar-refractivity contribution >= 4 is 11.6 Å². The lowest BCUT2D eigenvalue weighted by molar-refractivity contribution is -0.0147. The highest BCUT2D eigenvalue weighted by Gasteiger charge is 2.37. The average molecular weight is 208 g/mol. The topological polar surface area (TPSA) is 26.0 Å². The average Bonchev–Trinajstić information content (AvgIpc) is 2.44. The summed E-state index contributed by atoms with van der Waals surface area (Å²) in [6.45, 7) is 0. The summed E-state index contributed by atoms with van der Waals surface area (Å²) in [7, 11) is 0. The molecule has 5 heteroatoms. The maximum absolute atomic E-state index is 13.0. The van der Waals surface area contributed by atoms with Crippen LogP contribution in [0.2, 0.25) is 0 Å². The summed E-state index contributed by atoms with van der Waals surface area (Å²) in [4.78, 5) is 0. The number of aromatic nitrogens is 1. The van der Waals surface area contributed by atoms with Crippen molar-refractivity contribution in [3.05, 3.63) is 17.0 Å². The van der Waals surface area contributed by atoms with E-state index >= 15 is 0 Å². The van der Waals surface area contributed by atoms with Gasteiger partial charge in [-0.1, -0.05) is 5.16 Å². The highest BCUT2D eigenvalue weighted by Crippen LogP contribution is 2.34. The number of hydrogen-bond acceptors (Lipinski definition) is 2. The van der Waals surface area contributed by atoms with E-state index in [1.807, 2.05) is 0 Å². The molecule has 0 radical (unpaired) electrons. The first-order chi connectivity index (χ1) is 6.12. The first-order valence-electron chi connectivity index (χ1n) is 4.02. The normalized spacial score (nSPS) is 19.9. The summed E-state index contributed by atoms with van der Waals surface area (Å²) in [6.07, 6.45) is -0.184. The lowest BCUT2D eigenvalue weighted by atomic mass is 9.93. The molecule has 0 amide bonds. The molecule has 1 aliphatic rings. The first-order valence-corrected chi connectivity index (χ1v) is 4.56. The van der Waals surface area contributed by atoms with Crippen molar-refractivity contribution in [1.82, 2.24) is 5.16 Å². The van der Waals surface area contributed by atoms with E-state index in [9.17, 15) is 8.78 Å². The molecule has 0 atom stereocenters. The van der Waals surface area contributed by atoms with Crippen molar-refractivity contribution in [2.75, 3.05) is 0 Å². The molecule has 2 nitrogen and oxygen atoms in total. The summed E-state index contributed by atoms with van der Waals surface area (Å²) in [5, 5.41) is 3.64. The number of alkyl halides is 3. The number of aryl methyl sites for hydroxylation is 1. The fourth-order valence-corrected chi connectivity index (χ4v) is 1.74. The second-order valence-corrected chi connectivity index (χ2v) is 3.46.